The molecule has 0 unspecified atom stereocenters. The first-order chi connectivity index (χ1) is 7.92. The van der Waals surface area contributed by atoms with Crippen LogP contribution in [0.2, 0.25) is 0 Å². The summed E-state index contributed by atoms with van der Waals surface area (Å²) in [6.45, 7) is 0.896. The predicted molar refractivity (Wildman–Crippen MR) is 65.8 cm³/mol. The van der Waals surface area contributed by atoms with Crippen LogP contribution in [0.15, 0.2) is 42.5 Å². The first-order valence-electron chi connectivity index (χ1n) is 5.63. The van der Waals surface area contributed by atoms with E-state index in [0.29, 0.717) is 6.61 Å². The van der Waals surface area contributed by atoms with E-state index in [4.69, 9.17) is 9.84 Å². The van der Waals surface area contributed by atoms with Crippen molar-refractivity contribution in [1.29, 1.82) is 0 Å². The standard InChI is InChI=1S/C14H16O2/c15-10-3-4-11-16-14-9-5-7-12-6-1-2-8-13(12)14/h1-2,5-9,15H,3-4,10-11H2. The third-order valence-electron chi connectivity index (χ3n) is 2.56. The molecule has 0 saturated heterocycles. The van der Waals surface area contributed by atoms with Crippen LogP contribution in [0.25, 0.3) is 10.8 Å². The Bertz CT molecular complexity index is 446. The van der Waals surface area contributed by atoms with Crippen LogP contribution in [0.4, 0.5) is 0 Å². The van der Waals surface area contributed by atoms with Gasteiger partial charge in [-0.3, -0.25) is 0 Å². The molecule has 0 amide bonds. The molecule has 0 aliphatic heterocycles. The Balaban J connectivity index is 2.11. The van der Waals surface area contributed by atoms with Crippen molar-refractivity contribution in [2.24, 2.45) is 0 Å². The Morgan fingerprint density at radius 3 is 2.62 bits per heavy atom. The topological polar surface area (TPSA) is 29.5 Å². The van der Waals surface area contributed by atoms with Gasteiger partial charge in [-0.25, -0.2) is 0 Å². The molecule has 0 radical (unpaired) electrons. The van der Waals surface area contributed by atoms with Crippen molar-refractivity contribution in [2.45, 2.75) is 12.8 Å². The van der Waals surface area contributed by atoms with Gasteiger partial charge in [0.1, 0.15) is 5.75 Å². The highest BCUT2D eigenvalue weighted by molar-refractivity contribution is 5.88. The molecule has 0 fully saturated rings. The second-order valence-electron chi connectivity index (χ2n) is 3.76. The van der Waals surface area contributed by atoms with E-state index in [-0.39, 0.29) is 6.61 Å². The SMILES string of the molecule is OCCCCOc1cccc2ccccc12. The summed E-state index contributed by atoms with van der Waals surface area (Å²) in [6.07, 6.45) is 1.69. The van der Waals surface area contributed by atoms with Gasteiger partial charge in [0.05, 0.1) is 6.61 Å². The number of aliphatic hydroxyl groups excluding tert-OH is 1. The summed E-state index contributed by atoms with van der Waals surface area (Å²) in [4.78, 5) is 0. The number of aliphatic hydroxyl groups is 1. The lowest BCUT2D eigenvalue weighted by molar-refractivity contribution is 0.254. The van der Waals surface area contributed by atoms with Crippen LogP contribution in [0, 0.1) is 0 Å². The third-order valence-corrected chi connectivity index (χ3v) is 2.56. The van der Waals surface area contributed by atoms with Crippen LogP contribution in [0.5, 0.6) is 5.75 Å². The van der Waals surface area contributed by atoms with Gasteiger partial charge in [-0.05, 0) is 24.3 Å². The van der Waals surface area contributed by atoms with Gasteiger partial charge in [0.15, 0.2) is 0 Å². The minimum Gasteiger partial charge on any atom is -0.493 e. The molecule has 0 aliphatic carbocycles. The molecule has 0 saturated carbocycles. The van der Waals surface area contributed by atoms with Crippen molar-refractivity contribution in [2.75, 3.05) is 13.2 Å². The van der Waals surface area contributed by atoms with Gasteiger partial charge in [0.2, 0.25) is 0 Å². The summed E-state index contributed by atoms with van der Waals surface area (Å²) >= 11 is 0. The van der Waals surface area contributed by atoms with Gasteiger partial charge in [0.25, 0.3) is 0 Å². The summed E-state index contributed by atoms with van der Waals surface area (Å²) in [7, 11) is 0. The van der Waals surface area contributed by atoms with Gasteiger partial charge in [-0.2, -0.15) is 0 Å². The summed E-state index contributed by atoms with van der Waals surface area (Å²) in [5, 5.41) is 11.0. The second kappa shape index (κ2) is 5.52. The molecule has 2 heteroatoms. The Morgan fingerprint density at radius 1 is 0.938 bits per heavy atom. The molecule has 2 nitrogen and oxygen atoms in total. The maximum absolute atomic E-state index is 8.68. The number of hydrogen-bond donors (Lipinski definition) is 1. The molecule has 1 N–H and O–H groups in total. The highest BCUT2D eigenvalue weighted by Gasteiger charge is 2.00. The zero-order valence-corrected chi connectivity index (χ0v) is 9.23. The molecule has 0 aromatic heterocycles. The van der Waals surface area contributed by atoms with E-state index < -0.39 is 0 Å². The smallest absolute Gasteiger partial charge is 0.127 e. The van der Waals surface area contributed by atoms with E-state index in [0.717, 1.165) is 24.0 Å². The monoisotopic (exact) mass is 216 g/mol. The molecule has 84 valence electrons. The first-order valence-corrected chi connectivity index (χ1v) is 5.63. The van der Waals surface area contributed by atoms with Crippen LogP contribution in [-0.2, 0) is 0 Å². The average Bonchev–Trinajstić information content (AvgIpc) is 2.35. The maximum atomic E-state index is 8.68. The van der Waals surface area contributed by atoms with E-state index in [1.54, 1.807) is 0 Å². The van der Waals surface area contributed by atoms with Crippen molar-refractivity contribution in [1.82, 2.24) is 0 Å². The lowest BCUT2D eigenvalue weighted by Gasteiger charge is -2.08. The highest BCUT2D eigenvalue weighted by Crippen LogP contribution is 2.25. The molecule has 16 heavy (non-hydrogen) atoms. The maximum Gasteiger partial charge on any atom is 0.127 e. The fraction of sp³-hybridized carbons (Fsp3) is 0.286. The molecule has 2 aromatic carbocycles. The average molecular weight is 216 g/mol. The Kier molecular flexibility index (Phi) is 3.78. The van der Waals surface area contributed by atoms with Crippen LogP contribution in [-0.4, -0.2) is 18.3 Å². The molecule has 2 aromatic rings. The minimum absolute atomic E-state index is 0.235. The molecule has 0 aliphatic rings. The molecular weight excluding hydrogens is 200 g/mol. The number of ether oxygens (including phenoxy) is 1. The molecule has 0 spiro atoms. The largest absolute Gasteiger partial charge is 0.493 e. The van der Waals surface area contributed by atoms with Gasteiger partial charge in [-0.1, -0.05) is 36.4 Å². The normalized spacial score (nSPS) is 10.6. The van der Waals surface area contributed by atoms with Crippen molar-refractivity contribution in [3.63, 3.8) is 0 Å². The molecule has 0 atom stereocenters. The van der Waals surface area contributed by atoms with Gasteiger partial charge < -0.3 is 9.84 Å². The molecular formula is C14H16O2. The summed E-state index contributed by atoms with van der Waals surface area (Å²) < 4.78 is 5.71. The Labute approximate surface area is 95.5 Å². The Morgan fingerprint density at radius 2 is 1.75 bits per heavy atom. The van der Waals surface area contributed by atoms with Crippen LogP contribution < -0.4 is 4.74 Å². The quantitative estimate of drug-likeness (QED) is 0.778. The summed E-state index contributed by atoms with van der Waals surface area (Å²) in [6, 6.07) is 14.3. The van der Waals surface area contributed by atoms with Crippen LogP contribution in [0.3, 0.4) is 0 Å². The van der Waals surface area contributed by atoms with Crippen molar-refractivity contribution in [3.05, 3.63) is 42.5 Å². The highest BCUT2D eigenvalue weighted by atomic mass is 16.5. The lowest BCUT2D eigenvalue weighted by Crippen LogP contribution is -1.98. The number of unbranched alkanes of at least 4 members (excludes halogenated alkanes) is 1. The van der Waals surface area contributed by atoms with E-state index in [9.17, 15) is 0 Å². The van der Waals surface area contributed by atoms with Gasteiger partial charge in [-0.15, -0.1) is 0 Å². The van der Waals surface area contributed by atoms with Gasteiger partial charge in [0, 0.05) is 12.0 Å². The van der Waals surface area contributed by atoms with E-state index >= 15 is 0 Å². The number of hydrogen-bond acceptors (Lipinski definition) is 2. The number of rotatable bonds is 5. The Hall–Kier alpha value is -1.54. The third kappa shape index (κ3) is 2.52. The first kappa shape index (κ1) is 11.0. The predicted octanol–water partition coefficient (Wildman–Crippen LogP) is 2.99. The minimum atomic E-state index is 0.235. The van der Waals surface area contributed by atoms with E-state index in [2.05, 4.69) is 18.2 Å². The van der Waals surface area contributed by atoms with Crippen molar-refractivity contribution < 1.29 is 9.84 Å². The summed E-state index contributed by atoms with van der Waals surface area (Å²) in [5.74, 6) is 0.927. The number of fused-ring (bicyclic) bond motifs is 1. The molecule has 2 rings (SSSR count). The van der Waals surface area contributed by atoms with Crippen LogP contribution in [0.1, 0.15) is 12.8 Å². The fourth-order valence-electron chi connectivity index (χ4n) is 1.72. The van der Waals surface area contributed by atoms with E-state index in [1.807, 2.05) is 24.3 Å². The molecule has 0 heterocycles. The fourth-order valence-corrected chi connectivity index (χ4v) is 1.72. The van der Waals surface area contributed by atoms with Gasteiger partial charge >= 0.3 is 0 Å². The zero-order valence-electron chi connectivity index (χ0n) is 9.23. The van der Waals surface area contributed by atoms with E-state index in [1.165, 1.54) is 5.39 Å². The van der Waals surface area contributed by atoms with Crippen LogP contribution >= 0.6 is 0 Å². The van der Waals surface area contributed by atoms with Crippen molar-refractivity contribution in [3.8, 4) is 5.75 Å². The lowest BCUT2D eigenvalue weighted by atomic mass is 10.1. The van der Waals surface area contributed by atoms with Crippen molar-refractivity contribution >= 4 is 10.8 Å². The summed E-state index contributed by atoms with van der Waals surface area (Å²) in [5.41, 5.74) is 0. The molecule has 0 bridgehead atoms. The second-order valence-corrected chi connectivity index (χ2v) is 3.76. The number of benzene rings is 2. The zero-order chi connectivity index (χ0) is 11.2.